The summed E-state index contributed by atoms with van der Waals surface area (Å²) < 4.78 is 6.73. The second-order valence-corrected chi connectivity index (χ2v) is 4.73. The quantitative estimate of drug-likeness (QED) is 0.779. The molecule has 1 N–H and O–H groups in total. The van der Waals surface area contributed by atoms with Crippen LogP contribution >= 0.6 is 0 Å². The number of aliphatic hydroxyl groups is 1. The van der Waals surface area contributed by atoms with Crippen LogP contribution < -0.4 is 4.74 Å². The smallest absolute Gasteiger partial charge is 0.233 e. The van der Waals surface area contributed by atoms with E-state index in [-0.39, 0.29) is 6.61 Å². The summed E-state index contributed by atoms with van der Waals surface area (Å²) in [4.78, 5) is 0. The average molecular weight is 296 g/mol. The molecule has 0 radical (unpaired) electrons. The van der Waals surface area contributed by atoms with Crippen molar-refractivity contribution >= 4 is 0 Å². The third kappa shape index (κ3) is 2.96. The molecule has 112 valence electrons. The van der Waals surface area contributed by atoms with Crippen LogP contribution in [0.5, 0.6) is 5.88 Å². The van der Waals surface area contributed by atoms with Crippen LogP contribution in [0, 0.1) is 0 Å². The number of aromatic nitrogens is 4. The van der Waals surface area contributed by atoms with Crippen molar-refractivity contribution in [3.05, 3.63) is 48.7 Å². The van der Waals surface area contributed by atoms with Gasteiger partial charge in [-0.25, -0.2) is 0 Å². The maximum Gasteiger partial charge on any atom is 0.233 e. The molecule has 0 fully saturated rings. The van der Waals surface area contributed by atoms with Crippen molar-refractivity contribution in [2.24, 2.45) is 0 Å². The van der Waals surface area contributed by atoms with E-state index in [1.54, 1.807) is 17.9 Å². The summed E-state index contributed by atoms with van der Waals surface area (Å²) in [5.74, 6) is 0.489. The normalized spacial score (nSPS) is 10.6. The number of rotatable bonds is 5. The summed E-state index contributed by atoms with van der Waals surface area (Å²) in [7, 11) is 1.56. The van der Waals surface area contributed by atoms with Crippen LogP contribution in [0.1, 0.15) is 0 Å². The Morgan fingerprint density at radius 1 is 1.05 bits per heavy atom. The molecule has 2 aromatic heterocycles. The highest BCUT2D eigenvalue weighted by molar-refractivity contribution is 5.69. The summed E-state index contributed by atoms with van der Waals surface area (Å²) in [5, 5.41) is 21.5. The van der Waals surface area contributed by atoms with Crippen molar-refractivity contribution in [2.75, 3.05) is 13.7 Å². The van der Waals surface area contributed by atoms with Gasteiger partial charge in [0.1, 0.15) is 0 Å². The molecule has 0 atom stereocenters. The Bertz CT molecular complexity index is 753. The zero-order chi connectivity index (χ0) is 15.4. The van der Waals surface area contributed by atoms with E-state index in [1.165, 1.54) is 0 Å². The number of methoxy groups -OCH3 is 1. The van der Waals surface area contributed by atoms with Gasteiger partial charge in [0.2, 0.25) is 5.88 Å². The Kier molecular flexibility index (Phi) is 4.11. The molecule has 1 aromatic carbocycles. The van der Waals surface area contributed by atoms with E-state index in [0.717, 1.165) is 22.5 Å². The van der Waals surface area contributed by atoms with Crippen LogP contribution in [0.4, 0.5) is 0 Å². The Morgan fingerprint density at radius 2 is 1.86 bits per heavy atom. The molecule has 0 aliphatic carbocycles. The lowest BCUT2D eigenvalue weighted by Crippen LogP contribution is -2.02. The van der Waals surface area contributed by atoms with E-state index < -0.39 is 0 Å². The van der Waals surface area contributed by atoms with Crippen LogP contribution in [-0.4, -0.2) is 38.8 Å². The summed E-state index contributed by atoms with van der Waals surface area (Å²) >= 11 is 0. The van der Waals surface area contributed by atoms with Gasteiger partial charge in [-0.3, -0.25) is 4.68 Å². The molecule has 0 aliphatic rings. The molecule has 6 nitrogen and oxygen atoms in total. The Labute approximate surface area is 128 Å². The Balaban J connectivity index is 1.90. The molecule has 0 spiro atoms. The van der Waals surface area contributed by atoms with Crippen molar-refractivity contribution in [1.29, 1.82) is 0 Å². The van der Waals surface area contributed by atoms with Crippen LogP contribution in [0.25, 0.3) is 22.5 Å². The number of hydrogen-bond donors (Lipinski definition) is 1. The third-order valence-electron chi connectivity index (χ3n) is 3.27. The number of nitrogens with zero attached hydrogens (tertiary/aromatic N) is 4. The predicted octanol–water partition coefficient (Wildman–Crippen LogP) is 2.01. The maximum absolute atomic E-state index is 8.95. The van der Waals surface area contributed by atoms with Crippen molar-refractivity contribution in [3.63, 3.8) is 0 Å². The number of hydrogen-bond acceptors (Lipinski definition) is 5. The Hall–Kier alpha value is -2.73. The predicted molar refractivity (Wildman–Crippen MR) is 82.3 cm³/mol. The van der Waals surface area contributed by atoms with E-state index in [4.69, 9.17) is 9.84 Å². The first kappa shape index (κ1) is 14.2. The third-order valence-corrected chi connectivity index (χ3v) is 3.27. The second kappa shape index (κ2) is 6.36. The molecule has 0 bridgehead atoms. The lowest BCUT2D eigenvalue weighted by atomic mass is 10.1. The molecule has 0 amide bonds. The summed E-state index contributed by atoms with van der Waals surface area (Å²) in [6.45, 7) is 0.562. The average Bonchev–Trinajstić information content (AvgIpc) is 3.04. The van der Waals surface area contributed by atoms with Gasteiger partial charge in [-0.15, -0.1) is 10.2 Å². The van der Waals surface area contributed by atoms with Crippen molar-refractivity contribution in [1.82, 2.24) is 20.0 Å². The van der Waals surface area contributed by atoms with Crippen LogP contribution in [0.3, 0.4) is 0 Å². The van der Waals surface area contributed by atoms with Gasteiger partial charge >= 0.3 is 0 Å². The molecular weight excluding hydrogens is 280 g/mol. The highest BCUT2D eigenvalue weighted by Crippen LogP contribution is 2.24. The second-order valence-electron chi connectivity index (χ2n) is 4.73. The molecule has 0 unspecified atom stereocenters. The molecule has 0 saturated carbocycles. The molecule has 2 heterocycles. The Morgan fingerprint density at radius 3 is 2.55 bits per heavy atom. The first-order chi connectivity index (χ1) is 10.8. The van der Waals surface area contributed by atoms with Crippen LogP contribution in [0.2, 0.25) is 0 Å². The van der Waals surface area contributed by atoms with E-state index in [9.17, 15) is 0 Å². The summed E-state index contributed by atoms with van der Waals surface area (Å²) in [6, 6.07) is 13.5. The molecule has 3 rings (SSSR count). The van der Waals surface area contributed by atoms with Gasteiger partial charge in [0.15, 0.2) is 0 Å². The molecule has 0 saturated heterocycles. The highest BCUT2D eigenvalue weighted by Gasteiger charge is 2.06. The summed E-state index contributed by atoms with van der Waals surface area (Å²) in [6.07, 6.45) is 1.85. The van der Waals surface area contributed by atoms with Crippen molar-refractivity contribution in [2.45, 2.75) is 6.54 Å². The SMILES string of the molecule is COc1ccc(-c2cccc(-c3ccn(CCO)n3)c2)nn1. The first-order valence-electron chi connectivity index (χ1n) is 6.93. The zero-order valence-corrected chi connectivity index (χ0v) is 12.2. The minimum atomic E-state index is 0.0720. The number of aliphatic hydroxyl groups excluding tert-OH is 1. The molecular formula is C16H16N4O2. The maximum atomic E-state index is 8.95. The van der Waals surface area contributed by atoms with Gasteiger partial charge < -0.3 is 9.84 Å². The largest absolute Gasteiger partial charge is 0.480 e. The van der Waals surface area contributed by atoms with E-state index in [2.05, 4.69) is 15.3 Å². The van der Waals surface area contributed by atoms with Gasteiger partial charge in [0.05, 0.1) is 31.6 Å². The van der Waals surface area contributed by atoms with Gasteiger partial charge in [-0.1, -0.05) is 18.2 Å². The molecule has 3 aromatic rings. The fourth-order valence-corrected chi connectivity index (χ4v) is 2.16. The number of ether oxygens (including phenoxy) is 1. The molecule has 0 aliphatic heterocycles. The zero-order valence-electron chi connectivity index (χ0n) is 12.2. The fourth-order valence-electron chi connectivity index (χ4n) is 2.16. The standard InChI is InChI=1S/C16H16N4O2/c1-22-16-6-5-14(17-18-16)12-3-2-4-13(11-12)15-7-8-20(19-15)9-10-21/h2-8,11,21H,9-10H2,1H3. The van der Waals surface area contributed by atoms with Gasteiger partial charge in [-0.05, 0) is 18.2 Å². The van der Waals surface area contributed by atoms with Gasteiger partial charge in [-0.2, -0.15) is 5.10 Å². The van der Waals surface area contributed by atoms with Crippen LogP contribution in [-0.2, 0) is 6.54 Å². The molecule has 6 heteroatoms. The topological polar surface area (TPSA) is 73.1 Å². The van der Waals surface area contributed by atoms with Gasteiger partial charge in [0, 0.05) is 23.4 Å². The highest BCUT2D eigenvalue weighted by atomic mass is 16.5. The van der Waals surface area contributed by atoms with Gasteiger partial charge in [0.25, 0.3) is 0 Å². The monoisotopic (exact) mass is 296 g/mol. The van der Waals surface area contributed by atoms with Crippen molar-refractivity contribution in [3.8, 4) is 28.4 Å². The van der Waals surface area contributed by atoms with E-state index in [0.29, 0.717) is 12.4 Å². The fraction of sp³-hybridized carbons (Fsp3) is 0.188. The van der Waals surface area contributed by atoms with Crippen LogP contribution in [0.15, 0.2) is 48.7 Å². The van der Waals surface area contributed by atoms with E-state index in [1.807, 2.05) is 42.6 Å². The van der Waals surface area contributed by atoms with Crippen molar-refractivity contribution < 1.29 is 9.84 Å². The lowest BCUT2D eigenvalue weighted by molar-refractivity contribution is 0.269. The minimum Gasteiger partial charge on any atom is -0.480 e. The lowest BCUT2D eigenvalue weighted by Gasteiger charge is -2.04. The van der Waals surface area contributed by atoms with E-state index >= 15 is 0 Å². The first-order valence-corrected chi connectivity index (χ1v) is 6.93. The number of benzene rings is 1. The minimum absolute atomic E-state index is 0.0720. The summed E-state index contributed by atoms with van der Waals surface area (Å²) in [5.41, 5.74) is 3.59. The molecule has 22 heavy (non-hydrogen) atoms.